The molecule has 1 saturated heterocycles. The number of aryl methyl sites for hydroxylation is 1. The lowest BCUT2D eigenvalue weighted by Crippen LogP contribution is -2.52. The number of amides is 2. The van der Waals surface area contributed by atoms with Crippen LogP contribution >= 0.6 is 0 Å². The lowest BCUT2D eigenvalue weighted by molar-refractivity contribution is -0.127. The second kappa shape index (κ2) is 6.35. The highest BCUT2D eigenvalue weighted by molar-refractivity contribution is 5.98. The van der Waals surface area contributed by atoms with Crippen molar-refractivity contribution in [3.8, 4) is 0 Å². The van der Waals surface area contributed by atoms with Gasteiger partial charge in [-0.15, -0.1) is 0 Å². The van der Waals surface area contributed by atoms with Crippen LogP contribution in [0.2, 0.25) is 0 Å². The summed E-state index contributed by atoms with van der Waals surface area (Å²) in [5, 5.41) is 2.92. The Morgan fingerprint density at radius 1 is 1.36 bits per heavy atom. The summed E-state index contributed by atoms with van der Waals surface area (Å²) in [5.74, 6) is 0.750. The number of likely N-dealkylation sites (tertiary alicyclic amines) is 1. The third kappa shape index (κ3) is 2.92. The van der Waals surface area contributed by atoms with E-state index in [1.165, 1.54) is 0 Å². The highest BCUT2D eigenvalue weighted by Crippen LogP contribution is 2.43. The molecule has 2 bridgehead atoms. The van der Waals surface area contributed by atoms with Crippen molar-refractivity contribution in [3.63, 3.8) is 0 Å². The smallest absolute Gasteiger partial charge is 0.256 e. The van der Waals surface area contributed by atoms with E-state index in [9.17, 15) is 9.59 Å². The maximum Gasteiger partial charge on any atom is 0.256 e. The molecule has 0 spiro atoms. The quantitative estimate of drug-likeness (QED) is 0.927. The first kappa shape index (κ1) is 15.9. The predicted molar refractivity (Wildman–Crippen MR) is 90.6 cm³/mol. The van der Waals surface area contributed by atoms with Crippen LogP contribution < -0.4 is 5.32 Å². The summed E-state index contributed by atoms with van der Waals surface area (Å²) in [6.45, 7) is 2.25. The molecule has 2 unspecified atom stereocenters. The molecule has 2 aromatic rings. The zero-order valence-electron chi connectivity index (χ0n) is 14.1. The van der Waals surface area contributed by atoms with E-state index < -0.39 is 6.04 Å². The molecule has 4 rings (SSSR count). The number of hydrogen-bond acceptors (Lipinski definition) is 4. The molecule has 2 fully saturated rings. The fourth-order valence-electron chi connectivity index (χ4n) is 4.13. The molecule has 130 valence electrons. The monoisotopic (exact) mass is 339 g/mol. The van der Waals surface area contributed by atoms with E-state index in [0.29, 0.717) is 17.9 Å². The molecular formula is C19H21N3O3. The molecule has 1 aliphatic carbocycles. The van der Waals surface area contributed by atoms with Crippen LogP contribution in [-0.2, 0) is 11.3 Å². The fraction of sp³-hybridized carbons (Fsp3) is 0.421. The molecule has 1 saturated carbocycles. The number of fused-ring (bicyclic) bond motifs is 2. The van der Waals surface area contributed by atoms with Gasteiger partial charge in [0.25, 0.3) is 5.91 Å². The minimum atomic E-state index is -0.401. The number of nitrogens with one attached hydrogen (secondary N) is 1. The van der Waals surface area contributed by atoms with E-state index in [-0.39, 0.29) is 23.8 Å². The van der Waals surface area contributed by atoms with Gasteiger partial charge in [0.05, 0.1) is 18.4 Å². The number of carbonyl (C=O) groups excluding carboxylic acids is 2. The van der Waals surface area contributed by atoms with Crippen molar-refractivity contribution in [1.29, 1.82) is 0 Å². The SMILES string of the molecule is Cc1cncc(C(=O)N2C3CCC(C3)[C@H]2C(=O)NCc2ccco2)c1. The lowest BCUT2D eigenvalue weighted by Gasteiger charge is -2.34. The van der Waals surface area contributed by atoms with E-state index in [4.69, 9.17) is 4.42 Å². The molecule has 0 radical (unpaired) electrons. The summed E-state index contributed by atoms with van der Waals surface area (Å²) < 4.78 is 5.26. The van der Waals surface area contributed by atoms with E-state index >= 15 is 0 Å². The van der Waals surface area contributed by atoms with Crippen molar-refractivity contribution in [2.75, 3.05) is 0 Å². The Morgan fingerprint density at radius 3 is 3.00 bits per heavy atom. The summed E-state index contributed by atoms with van der Waals surface area (Å²) in [4.78, 5) is 31.7. The Hall–Kier alpha value is -2.63. The van der Waals surface area contributed by atoms with Gasteiger partial charge in [0.2, 0.25) is 5.91 Å². The number of pyridine rings is 1. The molecule has 25 heavy (non-hydrogen) atoms. The average molecular weight is 339 g/mol. The van der Waals surface area contributed by atoms with Crippen molar-refractivity contribution in [2.24, 2.45) is 5.92 Å². The molecule has 2 amide bonds. The van der Waals surface area contributed by atoms with Crippen LogP contribution in [0.5, 0.6) is 0 Å². The van der Waals surface area contributed by atoms with Gasteiger partial charge >= 0.3 is 0 Å². The molecule has 2 aromatic heterocycles. The maximum absolute atomic E-state index is 13.0. The van der Waals surface area contributed by atoms with Crippen molar-refractivity contribution in [3.05, 3.63) is 53.7 Å². The molecule has 1 aliphatic heterocycles. The van der Waals surface area contributed by atoms with Gasteiger partial charge in [0, 0.05) is 18.4 Å². The average Bonchev–Trinajstić information content (AvgIpc) is 3.35. The Kier molecular flexibility index (Phi) is 4.03. The van der Waals surface area contributed by atoms with Gasteiger partial charge in [-0.3, -0.25) is 14.6 Å². The first-order valence-corrected chi connectivity index (χ1v) is 8.68. The number of carbonyl (C=O) groups is 2. The molecule has 3 heterocycles. The van der Waals surface area contributed by atoms with Crippen LogP contribution in [0.25, 0.3) is 0 Å². The van der Waals surface area contributed by atoms with E-state index in [2.05, 4.69) is 10.3 Å². The molecular weight excluding hydrogens is 318 g/mol. The van der Waals surface area contributed by atoms with Gasteiger partial charge < -0.3 is 14.6 Å². The van der Waals surface area contributed by atoms with Gasteiger partial charge in [-0.05, 0) is 55.9 Å². The van der Waals surface area contributed by atoms with E-state index in [1.54, 1.807) is 29.6 Å². The van der Waals surface area contributed by atoms with E-state index in [0.717, 1.165) is 24.8 Å². The van der Waals surface area contributed by atoms with Crippen LogP contribution in [-0.4, -0.2) is 33.8 Å². The van der Waals surface area contributed by atoms with Crippen LogP contribution in [0.1, 0.15) is 40.9 Å². The van der Waals surface area contributed by atoms with Crippen LogP contribution in [0.4, 0.5) is 0 Å². The highest BCUT2D eigenvalue weighted by Gasteiger charge is 2.51. The number of hydrogen-bond donors (Lipinski definition) is 1. The number of aromatic nitrogens is 1. The van der Waals surface area contributed by atoms with Gasteiger partial charge in [0.1, 0.15) is 11.8 Å². The first-order chi connectivity index (χ1) is 12.1. The Morgan fingerprint density at radius 2 is 2.24 bits per heavy atom. The van der Waals surface area contributed by atoms with Crippen molar-refractivity contribution in [1.82, 2.24) is 15.2 Å². The van der Waals surface area contributed by atoms with Crippen LogP contribution in [0.15, 0.2) is 41.3 Å². The summed E-state index contributed by atoms with van der Waals surface area (Å²) in [7, 11) is 0. The van der Waals surface area contributed by atoms with Crippen LogP contribution in [0, 0.1) is 12.8 Å². The zero-order chi connectivity index (χ0) is 17.4. The van der Waals surface area contributed by atoms with Gasteiger partial charge in [0.15, 0.2) is 0 Å². The third-order valence-corrected chi connectivity index (χ3v) is 5.23. The second-order valence-corrected chi connectivity index (χ2v) is 6.93. The minimum absolute atomic E-state index is 0.0958. The van der Waals surface area contributed by atoms with Gasteiger partial charge in [-0.1, -0.05) is 0 Å². The normalized spacial score (nSPS) is 24.5. The lowest BCUT2D eigenvalue weighted by atomic mass is 9.97. The Bertz CT molecular complexity index is 787. The molecule has 2 aliphatic rings. The standard InChI is InChI=1S/C19H21N3O3/c1-12-7-14(10-20-9-12)19(24)22-15-5-4-13(8-15)17(22)18(23)21-11-16-3-2-6-25-16/h2-3,6-7,9-10,13,15,17H,4-5,8,11H2,1H3,(H,21,23)/t13?,15?,17-/m0/s1. The topological polar surface area (TPSA) is 75.4 Å². The van der Waals surface area contributed by atoms with Crippen molar-refractivity contribution in [2.45, 2.75) is 44.8 Å². The number of furan rings is 1. The first-order valence-electron chi connectivity index (χ1n) is 8.68. The van der Waals surface area contributed by atoms with Crippen molar-refractivity contribution < 1.29 is 14.0 Å². The largest absolute Gasteiger partial charge is 0.467 e. The highest BCUT2D eigenvalue weighted by atomic mass is 16.3. The molecule has 0 aromatic carbocycles. The maximum atomic E-state index is 13.0. The Balaban J connectivity index is 1.53. The summed E-state index contributed by atoms with van der Waals surface area (Å²) in [6.07, 6.45) is 7.76. The van der Waals surface area contributed by atoms with Gasteiger partial charge in [-0.25, -0.2) is 0 Å². The summed E-state index contributed by atoms with van der Waals surface area (Å²) in [5.41, 5.74) is 1.49. The van der Waals surface area contributed by atoms with E-state index in [1.807, 2.05) is 19.1 Å². The summed E-state index contributed by atoms with van der Waals surface area (Å²) in [6, 6.07) is 5.19. The second-order valence-electron chi connectivity index (χ2n) is 6.93. The van der Waals surface area contributed by atoms with Crippen LogP contribution in [0.3, 0.4) is 0 Å². The summed E-state index contributed by atoms with van der Waals surface area (Å²) >= 11 is 0. The number of piperidine rings is 1. The molecule has 6 heteroatoms. The molecule has 6 nitrogen and oxygen atoms in total. The number of rotatable bonds is 4. The fourth-order valence-corrected chi connectivity index (χ4v) is 4.13. The van der Waals surface area contributed by atoms with Crippen molar-refractivity contribution >= 4 is 11.8 Å². The van der Waals surface area contributed by atoms with Gasteiger partial charge in [-0.2, -0.15) is 0 Å². The molecule has 1 N–H and O–H groups in total. The Labute approximate surface area is 146 Å². The predicted octanol–water partition coefficient (Wildman–Crippen LogP) is 2.29. The zero-order valence-corrected chi connectivity index (χ0v) is 14.1. The minimum Gasteiger partial charge on any atom is -0.467 e. The third-order valence-electron chi connectivity index (χ3n) is 5.23. The molecule has 3 atom stereocenters. The number of nitrogens with zero attached hydrogens (tertiary/aromatic N) is 2.